The number of carbonyl (C=O) groups excluding carboxylic acids is 1. The fourth-order valence-electron chi connectivity index (χ4n) is 3.80. The molecule has 0 radical (unpaired) electrons. The molecule has 6 nitrogen and oxygen atoms in total. The molecule has 29 heavy (non-hydrogen) atoms. The number of rotatable bonds is 6. The molecule has 3 heterocycles. The molecule has 0 saturated carbocycles. The summed E-state index contributed by atoms with van der Waals surface area (Å²) in [5.74, 6) is 1.34. The summed E-state index contributed by atoms with van der Waals surface area (Å²) in [7, 11) is 1.99. The van der Waals surface area contributed by atoms with E-state index >= 15 is 0 Å². The first kappa shape index (κ1) is 19.8. The van der Waals surface area contributed by atoms with Crippen molar-refractivity contribution in [1.29, 1.82) is 0 Å². The highest BCUT2D eigenvalue weighted by atomic mass is 32.2. The molecule has 0 N–H and O–H groups in total. The number of aryl methyl sites for hydroxylation is 1. The summed E-state index contributed by atoms with van der Waals surface area (Å²) >= 11 is 1.46. The summed E-state index contributed by atoms with van der Waals surface area (Å²) in [6.45, 7) is 6.01. The van der Waals surface area contributed by atoms with Crippen molar-refractivity contribution in [3.8, 4) is 5.69 Å². The molecule has 2 aromatic heterocycles. The highest BCUT2D eigenvalue weighted by molar-refractivity contribution is 7.99. The van der Waals surface area contributed by atoms with E-state index in [1.807, 2.05) is 45.2 Å². The molecule has 1 fully saturated rings. The van der Waals surface area contributed by atoms with Crippen LogP contribution in [0.4, 0.5) is 5.95 Å². The maximum atomic E-state index is 12.9. The zero-order chi connectivity index (χ0) is 20.4. The number of anilines is 1. The minimum absolute atomic E-state index is 0.123. The smallest absolute Gasteiger partial charge is 0.232 e. The van der Waals surface area contributed by atoms with Crippen LogP contribution in [0.3, 0.4) is 0 Å². The average molecular weight is 410 g/mol. The van der Waals surface area contributed by atoms with Gasteiger partial charge in [-0.2, -0.15) is 0 Å². The zero-order valence-electron chi connectivity index (χ0n) is 17.3. The Bertz CT molecular complexity index is 1000. The molecule has 4 rings (SSSR count). The minimum Gasteiger partial charge on any atom is -0.351 e. The van der Waals surface area contributed by atoms with E-state index in [-0.39, 0.29) is 5.78 Å². The molecule has 0 atom stereocenters. The van der Waals surface area contributed by atoms with Crippen LogP contribution in [0.5, 0.6) is 0 Å². The summed E-state index contributed by atoms with van der Waals surface area (Å²) in [6, 6.07) is 12.1. The van der Waals surface area contributed by atoms with Crippen molar-refractivity contribution in [3.63, 3.8) is 0 Å². The molecule has 152 valence electrons. The molecular formula is C22H27N5OS. The fourth-order valence-corrected chi connectivity index (χ4v) is 4.63. The number of nitrogens with zero attached hydrogens (tertiary/aromatic N) is 5. The molecule has 0 spiro atoms. The van der Waals surface area contributed by atoms with Gasteiger partial charge in [0.15, 0.2) is 10.9 Å². The van der Waals surface area contributed by atoms with Crippen LogP contribution >= 0.6 is 11.8 Å². The van der Waals surface area contributed by atoms with E-state index in [0.717, 1.165) is 46.8 Å². The molecule has 0 unspecified atom stereocenters. The van der Waals surface area contributed by atoms with Crippen molar-refractivity contribution in [1.82, 2.24) is 19.3 Å². The van der Waals surface area contributed by atoms with Crippen molar-refractivity contribution in [2.45, 2.75) is 38.3 Å². The number of Topliss-reactive ketones (excluding diaryl/α,β-unsaturated/α-hetero) is 1. The highest BCUT2D eigenvalue weighted by Gasteiger charge is 2.22. The van der Waals surface area contributed by atoms with E-state index in [9.17, 15) is 4.79 Å². The van der Waals surface area contributed by atoms with Crippen LogP contribution in [-0.2, 0) is 7.05 Å². The first-order valence-corrected chi connectivity index (χ1v) is 11.1. The van der Waals surface area contributed by atoms with Crippen molar-refractivity contribution >= 4 is 23.5 Å². The Hall–Kier alpha value is -2.54. The third kappa shape index (κ3) is 3.96. The first-order chi connectivity index (χ1) is 14.1. The maximum absolute atomic E-state index is 12.9. The summed E-state index contributed by atoms with van der Waals surface area (Å²) in [6.07, 6.45) is 3.62. The van der Waals surface area contributed by atoms with E-state index in [4.69, 9.17) is 0 Å². The van der Waals surface area contributed by atoms with Gasteiger partial charge in [0.05, 0.1) is 11.4 Å². The Labute approximate surface area is 175 Å². The molecule has 0 amide bonds. The van der Waals surface area contributed by atoms with Crippen LogP contribution in [0.2, 0.25) is 0 Å². The van der Waals surface area contributed by atoms with Crippen molar-refractivity contribution in [2.24, 2.45) is 7.05 Å². The van der Waals surface area contributed by atoms with Gasteiger partial charge >= 0.3 is 0 Å². The van der Waals surface area contributed by atoms with Crippen LogP contribution in [0.1, 0.15) is 41.0 Å². The number of carbonyl (C=O) groups is 1. The number of hydrogen-bond acceptors (Lipinski definition) is 5. The van der Waals surface area contributed by atoms with Gasteiger partial charge in [0.2, 0.25) is 5.95 Å². The van der Waals surface area contributed by atoms with Gasteiger partial charge in [-0.1, -0.05) is 30.0 Å². The Kier molecular flexibility index (Phi) is 5.76. The van der Waals surface area contributed by atoms with Gasteiger partial charge < -0.3 is 9.47 Å². The lowest BCUT2D eigenvalue weighted by Gasteiger charge is -2.27. The van der Waals surface area contributed by atoms with Gasteiger partial charge in [-0.05, 0) is 51.3 Å². The Morgan fingerprint density at radius 3 is 2.45 bits per heavy atom. The zero-order valence-corrected chi connectivity index (χ0v) is 18.1. The van der Waals surface area contributed by atoms with Crippen LogP contribution in [0, 0.1) is 13.8 Å². The van der Waals surface area contributed by atoms with Crippen molar-refractivity contribution in [3.05, 3.63) is 53.3 Å². The lowest BCUT2D eigenvalue weighted by molar-refractivity contribution is 0.102. The molecule has 0 bridgehead atoms. The summed E-state index contributed by atoms with van der Waals surface area (Å²) in [5.41, 5.74) is 3.92. The predicted molar refractivity (Wildman–Crippen MR) is 117 cm³/mol. The van der Waals surface area contributed by atoms with Crippen molar-refractivity contribution in [2.75, 3.05) is 23.7 Å². The predicted octanol–water partition coefficient (Wildman–Crippen LogP) is 4.19. The lowest BCUT2D eigenvalue weighted by atomic mass is 10.1. The van der Waals surface area contributed by atoms with Crippen LogP contribution < -0.4 is 4.90 Å². The Balaban J connectivity index is 1.61. The van der Waals surface area contributed by atoms with Gasteiger partial charge in [-0.25, -0.2) is 0 Å². The van der Waals surface area contributed by atoms with Gasteiger partial charge in [0.25, 0.3) is 0 Å². The molecular weight excluding hydrogens is 382 g/mol. The van der Waals surface area contributed by atoms with Crippen molar-refractivity contribution < 1.29 is 4.79 Å². The van der Waals surface area contributed by atoms with Crippen LogP contribution in [-0.4, -0.2) is 44.0 Å². The number of thioether (sulfide) groups is 1. The molecule has 0 aliphatic carbocycles. The normalized spacial score (nSPS) is 14.4. The standard InChI is InChI=1S/C22H27N5OS/c1-16-14-19(17(2)25(16)3)20(28)15-29-22-24-23-21(26-12-8-5-9-13-26)27(22)18-10-6-4-7-11-18/h4,6-7,10-11,14H,5,8-9,12-13,15H2,1-3H3. The van der Waals surface area contributed by atoms with E-state index in [0.29, 0.717) is 5.75 Å². The number of benzene rings is 1. The summed E-state index contributed by atoms with van der Waals surface area (Å²) < 4.78 is 4.14. The first-order valence-electron chi connectivity index (χ1n) is 10.1. The quantitative estimate of drug-likeness (QED) is 0.451. The monoisotopic (exact) mass is 409 g/mol. The van der Waals surface area contributed by atoms with Gasteiger partial charge in [0, 0.05) is 37.1 Å². The molecule has 1 saturated heterocycles. The minimum atomic E-state index is 0.123. The molecule has 1 aromatic carbocycles. The highest BCUT2D eigenvalue weighted by Crippen LogP contribution is 2.29. The number of ketones is 1. The second kappa shape index (κ2) is 8.45. The van der Waals surface area contributed by atoms with Gasteiger partial charge in [-0.3, -0.25) is 9.36 Å². The van der Waals surface area contributed by atoms with E-state index in [2.05, 4.69) is 36.4 Å². The molecule has 1 aliphatic rings. The van der Waals surface area contributed by atoms with Crippen LogP contribution in [0.25, 0.3) is 5.69 Å². The van der Waals surface area contributed by atoms with Gasteiger partial charge in [-0.15, -0.1) is 10.2 Å². The fraction of sp³-hybridized carbons (Fsp3) is 0.409. The molecule has 7 heteroatoms. The molecule has 3 aromatic rings. The largest absolute Gasteiger partial charge is 0.351 e. The third-order valence-corrected chi connectivity index (χ3v) is 6.61. The van der Waals surface area contributed by atoms with E-state index in [1.165, 1.54) is 31.0 Å². The summed E-state index contributed by atoms with van der Waals surface area (Å²) in [5, 5.41) is 9.72. The lowest BCUT2D eigenvalue weighted by Crippen LogP contribution is -2.31. The Morgan fingerprint density at radius 1 is 1.07 bits per heavy atom. The number of piperidine rings is 1. The maximum Gasteiger partial charge on any atom is 0.232 e. The Morgan fingerprint density at radius 2 is 1.79 bits per heavy atom. The SMILES string of the molecule is Cc1cc(C(=O)CSc2nnc(N3CCCCC3)n2-c2ccccc2)c(C)n1C. The topological polar surface area (TPSA) is 56.0 Å². The van der Waals surface area contributed by atoms with Crippen LogP contribution in [0.15, 0.2) is 41.6 Å². The number of para-hydroxylation sites is 1. The number of aromatic nitrogens is 4. The summed E-state index contributed by atoms with van der Waals surface area (Å²) in [4.78, 5) is 15.2. The second-order valence-corrected chi connectivity index (χ2v) is 8.50. The van der Waals surface area contributed by atoms with E-state index < -0.39 is 0 Å². The third-order valence-electron chi connectivity index (χ3n) is 5.68. The second-order valence-electron chi connectivity index (χ2n) is 7.56. The number of hydrogen-bond donors (Lipinski definition) is 0. The van der Waals surface area contributed by atoms with E-state index in [1.54, 1.807) is 0 Å². The average Bonchev–Trinajstić information content (AvgIpc) is 3.30. The molecule has 1 aliphatic heterocycles. The van der Waals surface area contributed by atoms with Gasteiger partial charge in [0.1, 0.15) is 0 Å².